The van der Waals surface area contributed by atoms with E-state index in [9.17, 15) is 28.0 Å². The predicted octanol–water partition coefficient (Wildman–Crippen LogP) is 21.3. The van der Waals surface area contributed by atoms with Crippen LogP contribution in [0.25, 0.3) is 22.3 Å². The average Bonchev–Trinajstić information content (AvgIpc) is 1.58. The van der Waals surface area contributed by atoms with E-state index in [4.69, 9.17) is 0 Å². The summed E-state index contributed by atoms with van der Waals surface area (Å²) in [6.45, 7) is 30.3. The van der Waals surface area contributed by atoms with Gasteiger partial charge >= 0.3 is 0 Å². The maximum absolute atomic E-state index is 15.2. The summed E-state index contributed by atoms with van der Waals surface area (Å²) in [7, 11) is 12.0. The third kappa shape index (κ3) is 20.7. The molecule has 0 bridgehead atoms. The lowest BCUT2D eigenvalue weighted by Gasteiger charge is -2.35. The first-order valence-electron chi connectivity index (χ1n) is 47.4. The van der Waals surface area contributed by atoms with E-state index >= 15 is 13.2 Å². The van der Waals surface area contributed by atoms with Gasteiger partial charge in [-0.05, 0) is 315 Å². The van der Waals surface area contributed by atoms with Crippen LogP contribution < -0.4 is 0 Å². The maximum atomic E-state index is 15.2. The number of benzene rings is 8. The van der Waals surface area contributed by atoms with E-state index in [1.165, 1.54) is 104 Å². The second kappa shape index (κ2) is 40.8. The standard InChI is InChI=1S/C30H36F2N2O.C28H36N2O.C27H32F2N2O.C27H33FN2O/c1-21-10-11-23-24(29(21)32)20-30(2,25-8-4-5-9-26(25)31)28(23)22-12-18-34(19-13-22)27(35)14-17-33-15-6-3-7-16-33;1-20-17-23-19-28(3,24-9-7-6-8-10-24)27(25(23)18-21(20)2)22-11-15-30(16-12-22)26(31)13-14-29(4)5;1-18-9-10-20-21(26(18)29)17-27(2,22-7-5-6-8-23(22)28)25(20)19-11-15-31(16-12-19)24(32)13-14-30(3)4;1-19-5-6-21-18-27(2,22-7-9-23(28)10-8-22)26(24(21)17-19)20-11-15-30(16-12-20)25(31)13-14-29(3)4/h4-5,8-11H,3,6-7,12-20H2,1-2H3;6-10,17-18H,11-16,19H2,1-5H3;5-10H,11-17H2,1-4H3;5-10,17H,11-16,18H2,1-4H3. The number of likely N-dealkylation sites (tertiary alicyclic amines) is 5. The molecule has 8 aromatic rings. The zero-order valence-corrected chi connectivity index (χ0v) is 79.4. The van der Waals surface area contributed by atoms with Crippen LogP contribution >= 0.6 is 0 Å². The first-order valence-corrected chi connectivity index (χ1v) is 47.4. The van der Waals surface area contributed by atoms with E-state index in [-0.39, 0.29) is 57.6 Å². The normalized spacial score (nSPS) is 21.5. The monoisotopic (exact) mass is 1750 g/mol. The Morgan fingerprint density at radius 1 is 0.333 bits per heavy atom. The highest BCUT2D eigenvalue weighted by molar-refractivity contribution is 5.89. The molecule has 129 heavy (non-hydrogen) atoms. The molecule has 17 heteroatoms. The fourth-order valence-electron chi connectivity index (χ4n) is 22.5. The Hall–Kier alpha value is -9.91. The van der Waals surface area contributed by atoms with Crippen molar-refractivity contribution in [1.29, 1.82) is 0 Å². The lowest BCUT2D eigenvalue weighted by Crippen LogP contribution is -2.40. The number of amides is 4. The van der Waals surface area contributed by atoms with Gasteiger partial charge in [0.25, 0.3) is 0 Å². The Labute approximate surface area is 765 Å². The van der Waals surface area contributed by atoms with Gasteiger partial charge in [-0.15, -0.1) is 0 Å². The highest BCUT2D eigenvalue weighted by Gasteiger charge is 2.48. The smallest absolute Gasteiger partial charge is 0.223 e. The fourth-order valence-corrected chi connectivity index (χ4v) is 22.5. The van der Waals surface area contributed by atoms with E-state index in [0.717, 1.165) is 157 Å². The zero-order chi connectivity index (χ0) is 92.0. The van der Waals surface area contributed by atoms with Crippen LogP contribution in [0.1, 0.15) is 219 Å². The molecule has 8 aromatic carbocycles. The number of rotatable bonds is 16. The van der Waals surface area contributed by atoms with E-state index < -0.39 is 10.8 Å². The Kier molecular flexibility index (Phi) is 30.1. The molecular weight excluding hydrogens is 1620 g/mol. The molecule has 0 spiro atoms. The maximum Gasteiger partial charge on any atom is 0.223 e. The summed E-state index contributed by atoms with van der Waals surface area (Å²) in [4.78, 5) is 67.3. The van der Waals surface area contributed by atoms with Crippen LogP contribution in [0.4, 0.5) is 22.0 Å². The number of halogens is 5. The van der Waals surface area contributed by atoms with Crippen molar-refractivity contribution in [1.82, 2.24) is 39.2 Å². The molecule has 5 saturated heterocycles. The number of fused-ring (bicyclic) bond motifs is 4. The van der Waals surface area contributed by atoms with Crippen LogP contribution in [0.2, 0.25) is 0 Å². The van der Waals surface area contributed by atoms with Crippen molar-refractivity contribution in [2.45, 2.75) is 206 Å². The Bertz CT molecular complexity index is 5570. The summed E-state index contributed by atoms with van der Waals surface area (Å²) >= 11 is 0. The lowest BCUT2D eigenvalue weighted by atomic mass is 9.73. The van der Waals surface area contributed by atoms with Crippen molar-refractivity contribution in [2.24, 2.45) is 0 Å². The van der Waals surface area contributed by atoms with E-state index in [1.807, 2.05) is 129 Å². The fraction of sp³-hybridized carbons (Fsp3) is 0.464. The third-order valence-corrected chi connectivity index (χ3v) is 29.8. The largest absolute Gasteiger partial charge is 0.342 e. The number of hydrogen-bond acceptors (Lipinski definition) is 8. The highest BCUT2D eigenvalue weighted by atomic mass is 19.1. The quantitative estimate of drug-likeness (QED) is 0.0883. The molecule has 5 heterocycles. The number of carbonyl (C=O) groups is 4. The van der Waals surface area contributed by atoms with Gasteiger partial charge in [-0.2, -0.15) is 0 Å². The summed E-state index contributed by atoms with van der Waals surface area (Å²) in [5, 5.41) is 0. The van der Waals surface area contributed by atoms with Gasteiger partial charge in [-0.25, -0.2) is 22.0 Å². The van der Waals surface area contributed by atoms with Gasteiger partial charge in [0.1, 0.15) is 29.1 Å². The number of piperidine rings is 5. The second-order valence-electron chi connectivity index (χ2n) is 39.8. The average molecular weight is 1750 g/mol. The Morgan fingerprint density at radius 2 is 0.690 bits per heavy atom. The van der Waals surface area contributed by atoms with Crippen LogP contribution in [0, 0.1) is 63.7 Å². The van der Waals surface area contributed by atoms with Crippen molar-refractivity contribution < 1.29 is 41.1 Å². The van der Waals surface area contributed by atoms with E-state index in [1.54, 1.807) is 43.7 Å². The van der Waals surface area contributed by atoms with Gasteiger partial charge in [0.15, 0.2) is 0 Å². The summed E-state index contributed by atoms with van der Waals surface area (Å²) in [6, 6.07) is 51.0. The SMILES string of the molecule is Cc1cc2c(cc1C)C(=C1CCN(C(=O)CCN(C)C)CC1)C(C)(c1ccccc1)C2.Cc1ccc2c(c1)C(=C1CCN(C(=O)CCN(C)C)CC1)C(C)(c1ccc(F)cc1)C2.Cc1ccc2c(c1F)CC(C)(c1ccccc1F)C2=C1CCN(C(=O)CCN(C)C)CC1.Cc1ccc2c(c1F)CC(C)(c1ccccc1F)C2=C1CCN(C(=O)CCN2CCCCC2)CC1. The molecule has 9 aliphatic rings. The number of carbonyl (C=O) groups excluding carboxylic acids is 4. The minimum atomic E-state index is -0.630. The van der Waals surface area contributed by atoms with Gasteiger partial charge in [0.2, 0.25) is 23.6 Å². The molecule has 12 nitrogen and oxygen atoms in total. The summed E-state index contributed by atoms with van der Waals surface area (Å²) in [5.41, 5.74) is 26.9. The summed E-state index contributed by atoms with van der Waals surface area (Å²) < 4.78 is 74.1. The summed E-state index contributed by atoms with van der Waals surface area (Å²) in [5.74, 6) is -0.111. The van der Waals surface area contributed by atoms with Crippen molar-refractivity contribution >= 4 is 45.9 Å². The minimum Gasteiger partial charge on any atom is -0.342 e. The molecular formula is C112H137F5N8O4. The van der Waals surface area contributed by atoms with Crippen LogP contribution in [0.15, 0.2) is 180 Å². The van der Waals surface area contributed by atoms with Gasteiger partial charge in [0.05, 0.1) is 0 Å². The van der Waals surface area contributed by atoms with Crippen molar-refractivity contribution in [3.05, 3.63) is 304 Å². The van der Waals surface area contributed by atoms with Gasteiger partial charge in [-0.1, -0.05) is 195 Å². The summed E-state index contributed by atoms with van der Waals surface area (Å²) in [6.07, 6.45) is 15.7. The Morgan fingerprint density at radius 3 is 1.09 bits per heavy atom. The first kappa shape index (κ1) is 95.2. The molecule has 0 radical (unpaired) electrons. The second-order valence-corrected chi connectivity index (χ2v) is 39.8. The molecule has 5 aliphatic heterocycles. The van der Waals surface area contributed by atoms with E-state index in [0.29, 0.717) is 104 Å². The highest BCUT2D eigenvalue weighted by Crippen LogP contribution is 2.57. The number of nitrogens with zero attached hydrogens (tertiary/aromatic N) is 8. The molecule has 0 aromatic heterocycles. The van der Waals surface area contributed by atoms with Crippen LogP contribution in [0.3, 0.4) is 0 Å². The van der Waals surface area contributed by atoms with Crippen molar-refractivity contribution in [3.63, 3.8) is 0 Å². The molecule has 0 N–H and O–H groups in total. The van der Waals surface area contributed by atoms with Crippen LogP contribution in [0.5, 0.6) is 0 Å². The van der Waals surface area contributed by atoms with Gasteiger partial charge in [-0.3, -0.25) is 19.2 Å². The molecule has 684 valence electrons. The third-order valence-electron chi connectivity index (χ3n) is 29.8. The lowest BCUT2D eigenvalue weighted by molar-refractivity contribution is -0.132. The molecule has 17 rings (SSSR count). The predicted molar refractivity (Wildman–Crippen MR) is 515 cm³/mol. The number of allylic oxidation sites excluding steroid dienone is 4. The molecule has 4 amide bonds. The van der Waals surface area contributed by atoms with E-state index in [2.05, 4.69) is 122 Å². The zero-order valence-electron chi connectivity index (χ0n) is 79.4. The molecule has 4 aliphatic carbocycles. The molecule has 4 unspecified atom stereocenters. The van der Waals surface area contributed by atoms with Gasteiger partial charge in [0, 0.05) is 126 Å². The molecule has 5 fully saturated rings. The van der Waals surface area contributed by atoms with Crippen molar-refractivity contribution in [2.75, 3.05) is 134 Å². The van der Waals surface area contributed by atoms with Crippen LogP contribution in [-0.4, -0.2) is 197 Å². The molecule has 0 saturated carbocycles. The number of aryl methyl sites for hydroxylation is 5. The minimum absolute atomic E-state index is 0.00371. The topological polar surface area (TPSA) is 94.2 Å². The Balaban J connectivity index is 0.000000139. The number of hydrogen-bond donors (Lipinski definition) is 0. The first-order chi connectivity index (χ1) is 61.7. The van der Waals surface area contributed by atoms with Gasteiger partial charge < -0.3 is 39.2 Å². The molecule has 4 atom stereocenters. The van der Waals surface area contributed by atoms with Crippen molar-refractivity contribution in [3.8, 4) is 0 Å². The van der Waals surface area contributed by atoms with Crippen LogP contribution in [-0.2, 0) is 66.5 Å².